The van der Waals surface area contributed by atoms with Gasteiger partial charge in [0.1, 0.15) is 0 Å². The van der Waals surface area contributed by atoms with E-state index in [2.05, 4.69) is 19.2 Å². The Kier molecular flexibility index (Phi) is 6.49. The molecule has 5 heteroatoms. The van der Waals surface area contributed by atoms with E-state index in [1.807, 2.05) is 6.92 Å². The lowest BCUT2D eigenvalue weighted by molar-refractivity contribution is 0.259. The van der Waals surface area contributed by atoms with Crippen molar-refractivity contribution in [1.29, 1.82) is 0 Å². The fraction of sp³-hybridized carbons (Fsp3) is 0.600. The Labute approximate surface area is 122 Å². The molecule has 0 saturated heterocycles. The first-order chi connectivity index (χ1) is 9.40. The van der Waals surface area contributed by atoms with Crippen molar-refractivity contribution in [3.05, 3.63) is 24.3 Å². The predicted octanol–water partition coefficient (Wildman–Crippen LogP) is 2.69. The Morgan fingerprint density at radius 2 is 1.90 bits per heavy atom. The lowest BCUT2D eigenvalue weighted by atomic mass is 10.0. The standard InChI is InChI=1S/C15H25NO3S/c1-4-9-20(18,19)15-8-6-5-7-14(15)16-13(11-17)10-12(2)3/h5-8,12-13,16-17H,4,9-11H2,1-3H3. The molecule has 114 valence electrons. The van der Waals surface area contributed by atoms with E-state index in [9.17, 15) is 13.5 Å². The van der Waals surface area contributed by atoms with Crippen LogP contribution in [0.4, 0.5) is 5.69 Å². The summed E-state index contributed by atoms with van der Waals surface area (Å²) in [6.45, 7) is 5.98. The number of anilines is 1. The molecule has 1 aromatic carbocycles. The van der Waals surface area contributed by atoms with Gasteiger partial charge in [-0.3, -0.25) is 0 Å². The first kappa shape index (κ1) is 17.0. The van der Waals surface area contributed by atoms with Crippen LogP contribution in [-0.2, 0) is 9.84 Å². The molecule has 0 aliphatic heterocycles. The summed E-state index contributed by atoms with van der Waals surface area (Å²) in [5.74, 6) is 0.568. The lowest BCUT2D eigenvalue weighted by Gasteiger charge is -2.21. The van der Waals surface area contributed by atoms with Crippen molar-refractivity contribution in [3.63, 3.8) is 0 Å². The highest BCUT2D eigenvalue weighted by atomic mass is 32.2. The summed E-state index contributed by atoms with van der Waals surface area (Å²) in [4.78, 5) is 0.323. The molecule has 1 unspecified atom stereocenters. The van der Waals surface area contributed by atoms with Crippen molar-refractivity contribution in [2.75, 3.05) is 17.7 Å². The van der Waals surface area contributed by atoms with Crippen molar-refractivity contribution in [3.8, 4) is 0 Å². The average molecular weight is 299 g/mol. The molecule has 0 amide bonds. The second kappa shape index (κ2) is 7.64. The van der Waals surface area contributed by atoms with Gasteiger partial charge in [0, 0.05) is 6.04 Å². The quantitative estimate of drug-likeness (QED) is 0.774. The van der Waals surface area contributed by atoms with Gasteiger partial charge >= 0.3 is 0 Å². The van der Waals surface area contributed by atoms with Crippen LogP contribution in [0.2, 0.25) is 0 Å². The smallest absolute Gasteiger partial charge is 0.180 e. The SMILES string of the molecule is CCCS(=O)(=O)c1ccccc1NC(CO)CC(C)C. The number of nitrogens with one attached hydrogen (secondary N) is 1. The van der Waals surface area contributed by atoms with E-state index in [1.54, 1.807) is 24.3 Å². The summed E-state index contributed by atoms with van der Waals surface area (Å²) in [6.07, 6.45) is 1.38. The first-order valence-electron chi connectivity index (χ1n) is 7.09. The molecule has 0 saturated carbocycles. The van der Waals surface area contributed by atoms with Gasteiger partial charge in [-0.15, -0.1) is 0 Å². The minimum atomic E-state index is -3.27. The van der Waals surface area contributed by atoms with Crippen LogP contribution in [0.25, 0.3) is 0 Å². The van der Waals surface area contributed by atoms with E-state index in [4.69, 9.17) is 0 Å². The normalized spacial score (nSPS) is 13.4. The molecule has 0 aliphatic rings. The molecule has 0 aromatic heterocycles. The maximum absolute atomic E-state index is 12.2. The molecule has 20 heavy (non-hydrogen) atoms. The maximum Gasteiger partial charge on any atom is 0.180 e. The summed E-state index contributed by atoms with van der Waals surface area (Å²) in [7, 11) is -3.27. The van der Waals surface area contributed by atoms with Crippen molar-refractivity contribution >= 4 is 15.5 Å². The largest absolute Gasteiger partial charge is 0.394 e. The summed E-state index contributed by atoms with van der Waals surface area (Å²) in [5, 5.41) is 12.6. The van der Waals surface area contributed by atoms with Gasteiger partial charge in [0.2, 0.25) is 0 Å². The van der Waals surface area contributed by atoms with E-state index in [-0.39, 0.29) is 18.4 Å². The predicted molar refractivity (Wildman–Crippen MR) is 82.7 cm³/mol. The van der Waals surface area contributed by atoms with Crippen molar-refractivity contribution in [2.24, 2.45) is 5.92 Å². The lowest BCUT2D eigenvalue weighted by Crippen LogP contribution is -2.26. The van der Waals surface area contributed by atoms with Crippen LogP contribution >= 0.6 is 0 Å². The van der Waals surface area contributed by atoms with E-state index in [0.717, 1.165) is 6.42 Å². The van der Waals surface area contributed by atoms with Crippen molar-refractivity contribution in [2.45, 2.75) is 44.6 Å². The Hall–Kier alpha value is -1.07. The van der Waals surface area contributed by atoms with Gasteiger partial charge in [0.15, 0.2) is 9.84 Å². The second-order valence-electron chi connectivity index (χ2n) is 5.47. The molecule has 2 N–H and O–H groups in total. The van der Waals surface area contributed by atoms with Gasteiger partial charge in [0.25, 0.3) is 0 Å². The molecule has 0 radical (unpaired) electrons. The monoisotopic (exact) mass is 299 g/mol. The Morgan fingerprint density at radius 1 is 1.25 bits per heavy atom. The van der Waals surface area contributed by atoms with Crippen LogP contribution in [0.5, 0.6) is 0 Å². The highest BCUT2D eigenvalue weighted by Gasteiger charge is 2.19. The molecule has 0 spiro atoms. The Morgan fingerprint density at radius 3 is 2.45 bits per heavy atom. The fourth-order valence-corrected chi connectivity index (χ4v) is 3.71. The topological polar surface area (TPSA) is 66.4 Å². The summed E-state index contributed by atoms with van der Waals surface area (Å²) in [5.41, 5.74) is 0.584. The van der Waals surface area contributed by atoms with E-state index in [1.165, 1.54) is 0 Å². The first-order valence-corrected chi connectivity index (χ1v) is 8.75. The van der Waals surface area contributed by atoms with Gasteiger partial charge < -0.3 is 10.4 Å². The van der Waals surface area contributed by atoms with Crippen LogP contribution in [0, 0.1) is 5.92 Å². The number of aliphatic hydroxyl groups is 1. The molecule has 0 bridgehead atoms. The maximum atomic E-state index is 12.2. The number of para-hydroxylation sites is 1. The third-order valence-corrected chi connectivity index (χ3v) is 5.00. The number of rotatable bonds is 8. The highest BCUT2D eigenvalue weighted by molar-refractivity contribution is 7.91. The van der Waals surface area contributed by atoms with Crippen LogP contribution in [-0.4, -0.2) is 31.9 Å². The van der Waals surface area contributed by atoms with E-state index >= 15 is 0 Å². The molecule has 0 fully saturated rings. The third-order valence-electron chi connectivity index (χ3n) is 3.03. The fourth-order valence-electron chi connectivity index (χ4n) is 2.20. The molecule has 4 nitrogen and oxygen atoms in total. The molecular weight excluding hydrogens is 274 g/mol. The number of hydrogen-bond acceptors (Lipinski definition) is 4. The zero-order chi connectivity index (χ0) is 15.2. The molecule has 1 rings (SSSR count). The average Bonchev–Trinajstić information content (AvgIpc) is 2.37. The number of hydrogen-bond donors (Lipinski definition) is 2. The van der Waals surface area contributed by atoms with Crippen LogP contribution in [0.15, 0.2) is 29.2 Å². The van der Waals surface area contributed by atoms with Gasteiger partial charge in [-0.2, -0.15) is 0 Å². The molecule has 1 atom stereocenters. The Balaban J connectivity index is 3.01. The third kappa shape index (κ3) is 4.80. The van der Waals surface area contributed by atoms with Gasteiger partial charge in [-0.25, -0.2) is 8.42 Å². The summed E-state index contributed by atoms with van der Waals surface area (Å²) in [6, 6.07) is 6.78. The van der Waals surface area contributed by atoms with Crippen LogP contribution < -0.4 is 5.32 Å². The minimum Gasteiger partial charge on any atom is -0.394 e. The molecular formula is C15H25NO3S. The zero-order valence-electron chi connectivity index (χ0n) is 12.5. The van der Waals surface area contributed by atoms with Crippen LogP contribution in [0.1, 0.15) is 33.6 Å². The molecule has 0 heterocycles. The van der Waals surface area contributed by atoms with Gasteiger partial charge in [-0.1, -0.05) is 32.9 Å². The second-order valence-corrected chi connectivity index (χ2v) is 7.55. The minimum absolute atomic E-state index is 0.0136. The van der Waals surface area contributed by atoms with E-state index < -0.39 is 9.84 Å². The summed E-state index contributed by atoms with van der Waals surface area (Å²) < 4.78 is 24.5. The molecule has 1 aromatic rings. The highest BCUT2D eigenvalue weighted by Crippen LogP contribution is 2.24. The summed E-state index contributed by atoms with van der Waals surface area (Å²) >= 11 is 0. The van der Waals surface area contributed by atoms with Crippen LogP contribution in [0.3, 0.4) is 0 Å². The van der Waals surface area contributed by atoms with Crippen molar-refractivity contribution in [1.82, 2.24) is 0 Å². The van der Waals surface area contributed by atoms with Gasteiger partial charge in [0.05, 0.1) is 22.9 Å². The van der Waals surface area contributed by atoms with Gasteiger partial charge in [-0.05, 0) is 30.9 Å². The van der Waals surface area contributed by atoms with E-state index in [0.29, 0.717) is 22.9 Å². The van der Waals surface area contributed by atoms with Crippen molar-refractivity contribution < 1.29 is 13.5 Å². The number of sulfone groups is 1. The Bertz CT molecular complexity index is 512. The molecule has 0 aliphatic carbocycles. The number of aliphatic hydroxyl groups excluding tert-OH is 1. The zero-order valence-corrected chi connectivity index (χ0v) is 13.3. The number of benzene rings is 1.